The molecule has 1 aromatic rings. The SMILES string of the molecule is CC(=O)O.CC(C)CCCN1CCOC2(CCN(C(=O)c3cn[nH]c3)CC2)CC1=O. The molecule has 9 heteroatoms. The zero-order valence-electron chi connectivity index (χ0n) is 18.2. The van der Waals surface area contributed by atoms with Gasteiger partial charge in [0.15, 0.2) is 0 Å². The first kappa shape index (κ1) is 23.9. The molecule has 3 heterocycles. The van der Waals surface area contributed by atoms with Crippen LogP contribution in [-0.2, 0) is 14.3 Å². The van der Waals surface area contributed by atoms with Gasteiger partial charge in [-0.1, -0.05) is 13.8 Å². The fourth-order valence-corrected chi connectivity index (χ4v) is 3.85. The number of amides is 2. The number of carboxylic acid groups (broad SMARTS) is 1. The Bertz CT molecular complexity index is 692. The Kier molecular flexibility index (Phi) is 8.83. The van der Waals surface area contributed by atoms with E-state index in [9.17, 15) is 9.59 Å². The lowest BCUT2D eigenvalue weighted by molar-refractivity contribution is -0.135. The van der Waals surface area contributed by atoms with Crippen molar-refractivity contribution in [2.45, 2.75) is 58.5 Å². The number of carbonyl (C=O) groups excluding carboxylic acids is 2. The van der Waals surface area contributed by atoms with Crippen molar-refractivity contribution in [3.8, 4) is 0 Å². The summed E-state index contributed by atoms with van der Waals surface area (Å²) in [5.74, 6) is 0.0153. The zero-order valence-corrected chi connectivity index (χ0v) is 18.2. The van der Waals surface area contributed by atoms with Crippen molar-refractivity contribution in [1.29, 1.82) is 0 Å². The molecule has 1 spiro atoms. The normalized spacial score (nSPS) is 18.7. The lowest BCUT2D eigenvalue weighted by Gasteiger charge is -2.40. The standard InChI is InChI=1S/C19H30N4O3.C2H4O2/c1-15(2)4-3-7-22-10-11-26-19(12-17(22)24)5-8-23(9-6-19)18(25)16-13-20-21-14-16;1-2(3)4/h13-15H,3-12H2,1-2H3,(H,20,21);1H3,(H,3,4). The van der Waals surface area contributed by atoms with Crippen molar-refractivity contribution in [3.63, 3.8) is 0 Å². The van der Waals surface area contributed by atoms with Crippen molar-refractivity contribution < 1.29 is 24.2 Å². The molecule has 2 aliphatic rings. The molecule has 0 saturated carbocycles. The van der Waals surface area contributed by atoms with Crippen molar-refractivity contribution in [2.24, 2.45) is 5.92 Å². The molecular weight excluding hydrogens is 388 g/mol. The van der Waals surface area contributed by atoms with Gasteiger partial charge in [-0.3, -0.25) is 19.5 Å². The number of ether oxygens (including phenoxy) is 1. The molecule has 0 aliphatic carbocycles. The van der Waals surface area contributed by atoms with E-state index in [1.807, 2.05) is 9.80 Å². The molecule has 9 nitrogen and oxygen atoms in total. The van der Waals surface area contributed by atoms with Gasteiger partial charge < -0.3 is 19.6 Å². The molecule has 30 heavy (non-hydrogen) atoms. The van der Waals surface area contributed by atoms with Gasteiger partial charge in [-0.25, -0.2) is 0 Å². The van der Waals surface area contributed by atoms with E-state index in [2.05, 4.69) is 24.0 Å². The summed E-state index contributed by atoms with van der Waals surface area (Å²) >= 11 is 0. The topological polar surface area (TPSA) is 116 Å². The fraction of sp³-hybridized carbons (Fsp3) is 0.714. The van der Waals surface area contributed by atoms with Gasteiger partial charge in [0, 0.05) is 39.3 Å². The van der Waals surface area contributed by atoms with Gasteiger partial charge in [0.05, 0.1) is 30.4 Å². The summed E-state index contributed by atoms with van der Waals surface area (Å²) in [7, 11) is 0. The highest BCUT2D eigenvalue weighted by molar-refractivity contribution is 5.93. The minimum Gasteiger partial charge on any atom is -0.481 e. The highest BCUT2D eigenvalue weighted by Crippen LogP contribution is 2.33. The maximum absolute atomic E-state index is 12.7. The first-order valence-electron chi connectivity index (χ1n) is 10.6. The number of aromatic nitrogens is 2. The predicted molar refractivity (Wildman–Crippen MR) is 111 cm³/mol. The second-order valence-corrected chi connectivity index (χ2v) is 8.42. The Hall–Kier alpha value is -2.42. The minimum absolute atomic E-state index is 0.0103. The van der Waals surface area contributed by atoms with Crippen molar-refractivity contribution >= 4 is 17.8 Å². The van der Waals surface area contributed by atoms with Crippen molar-refractivity contribution in [2.75, 3.05) is 32.8 Å². The summed E-state index contributed by atoms with van der Waals surface area (Å²) in [5, 5.41) is 13.9. The van der Waals surface area contributed by atoms with Crippen molar-refractivity contribution in [1.82, 2.24) is 20.0 Å². The quantitative estimate of drug-likeness (QED) is 0.751. The maximum atomic E-state index is 12.7. The highest BCUT2D eigenvalue weighted by atomic mass is 16.5. The Balaban J connectivity index is 0.000000735. The Morgan fingerprint density at radius 1 is 1.30 bits per heavy atom. The monoisotopic (exact) mass is 422 g/mol. The molecule has 0 radical (unpaired) electrons. The fourth-order valence-electron chi connectivity index (χ4n) is 3.85. The average Bonchev–Trinajstić information content (AvgIpc) is 3.16. The Morgan fingerprint density at radius 3 is 2.53 bits per heavy atom. The summed E-state index contributed by atoms with van der Waals surface area (Å²) in [6.07, 6.45) is 7.21. The second kappa shape index (κ2) is 11.1. The van der Waals surface area contributed by atoms with Crippen LogP contribution < -0.4 is 0 Å². The van der Waals surface area contributed by atoms with E-state index in [1.165, 1.54) is 0 Å². The van der Waals surface area contributed by atoms with Gasteiger partial charge in [0.25, 0.3) is 11.9 Å². The number of carboxylic acids is 1. The maximum Gasteiger partial charge on any atom is 0.300 e. The molecule has 2 amide bonds. The van der Waals surface area contributed by atoms with Crippen LogP contribution in [0.5, 0.6) is 0 Å². The highest BCUT2D eigenvalue weighted by Gasteiger charge is 2.41. The van der Waals surface area contributed by atoms with Crippen LogP contribution in [0.15, 0.2) is 12.4 Å². The van der Waals surface area contributed by atoms with Crippen LogP contribution in [0.25, 0.3) is 0 Å². The average molecular weight is 423 g/mol. The molecule has 3 rings (SSSR count). The molecule has 2 N–H and O–H groups in total. The predicted octanol–water partition coefficient (Wildman–Crippen LogP) is 2.16. The van der Waals surface area contributed by atoms with E-state index in [0.29, 0.717) is 57.0 Å². The summed E-state index contributed by atoms with van der Waals surface area (Å²) in [4.78, 5) is 37.9. The molecule has 0 atom stereocenters. The number of nitrogens with one attached hydrogen (secondary N) is 1. The van der Waals surface area contributed by atoms with E-state index in [4.69, 9.17) is 14.6 Å². The Morgan fingerprint density at radius 2 is 1.97 bits per heavy atom. The van der Waals surface area contributed by atoms with E-state index < -0.39 is 11.6 Å². The van der Waals surface area contributed by atoms with Gasteiger partial charge >= 0.3 is 0 Å². The number of aliphatic carboxylic acids is 1. The van der Waals surface area contributed by atoms with Crippen molar-refractivity contribution in [3.05, 3.63) is 18.0 Å². The molecule has 0 unspecified atom stereocenters. The van der Waals surface area contributed by atoms with Crippen LogP contribution in [0, 0.1) is 5.92 Å². The number of piperidine rings is 1. The number of hydrogen-bond acceptors (Lipinski definition) is 5. The van der Waals surface area contributed by atoms with Gasteiger partial charge in [-0.15, -0.1) is 0 Å². The van der Waals surface area contributed by atoms with Crippen LogP contribution in [0.3, 0.4) is 0 Å². The van der Waals surface area contributed by atoms with Gasteiger partial charge in [0.1, 0.15) is 0 Å². The summed E-state index contributed by atoms with van der Waals surface area (Å²) < 4.78 is 6.16. The number of nitrogens with zero attached hydrogens (tertiary/aromatic N) is 3. The third kappa shape index (κ3) is 7.12. The molecular formula is C21H34N4O5. The number of H-pyrrole nitrogens is 1. The second-order valence-electron chi connectivity index (χ2n) is 8.42. The summed E-state index contributed by atoms with van der Waals surface area (Å²) in [6, 6.07) is 0. The van der Waals surface area contributed by atoms with E-state index in [-0.39, 0.29) is 11.8 Å². The number of hydrogen-bond donors (Lipinski definition) is 2. The first-order valence-corrected chi connectivity index (χ1v) is 10.6. The number of rotatable bonds is 5. The third-order valence-corrected chi connectivity index (χ3v) is 5.51. The van der Waals surface area contributed by atoms with Gasteiger partial charge in [-0.2, -0.15) is 5.10 Å². The summed E-state index contributed by atoms with van der Waals surface area (Å²) in [6.45, 7) is 8.82. The number of carbonyl (C=O) groups is 3. The third-order valence-electron chi connectivity index (χ3n) is 5.51. The molecule has 2 aliphatic heterocycles. The van der Waals surface area contributed by atoms with Gasteiger partial charge in [0.2, 0.25) is 5.91 Å². The van der Waals surface area contributed by atoms with Crippen LogP contribution >= 0.6 is 0 Å². The lowest BCUT2D eigenvalue weighted by Crippen LogP contribution is -2.49. The molecule has 0 aromatic carbocycles. The van der Waals surface area contributed by atoms with Crippen LogP contribution in [0.2, 0.25) is 0 Å². The molecule has 2 saturated heterocycles. The Labute approximate surface area is 177 Å². The smallest absolute Gasteiger partial charge is 0.300 e. The minimum atomic E-state index is -0.833. The zero-order chi connectivity index (χ0) is 22.1. The van der Waals surface area contributed by atoms with E-state index in [1.54, 1.807) is 12.4 Å². The molecule has 2 fully saturated rings. The van der Waals surface area contributed by atoms with E-state index in [0.717, 1.165) is 26.3 Å². The van der Waals surface area contributed by atoms with Crippen LogP contribution in [-0.4, -0.2) is 81.3 Å². The lowest BCUT2D eigenvalue weighted by atomic mass is 9.87. The van der Waals surface area contributed by atoms with Gasteiger partial charge in [-0.05, 0) is 31.6 Å². The number of likely N-dealkylation sites (tertiary alicyclic amines) is 1. The molecule has 1 aromatic heterocycles. The van der Waals surface area contributed by atoms with Crippen LogP contribution in [0.4, 0.5) is 0 Å². The largest absolute Gasteiger partial charge is 0.481 e. The molecule has 0 bridgehead atoms. The number of aromatic amines is 1. The van der Waals surface area contributed by atoms with Crippen LogP contribution in [0.1, 0.15) is 63.2 Å². The van der Waals surface area contributed by atoms with E-state index >= 15 is 0 Å². The first-order chi connectivity index (χ1) is 14.2. The molecule has 168 valence electrons. The summed E-state index contributed by atoms with van der Waals surface area (Å²) in [5.41, 5.74) is 0.173.